The zero-order valence-corrected chi connectivity index (χ0v) is 14.2. The SMILES string of the molecule is CC(C)(C)OC(=O)N1CCN(c2nc(Cl)cc3nccn23)CC1. The van der Waals surface area contributed by atoms with Crippen LogP contribution in [-0.2, 0) is 4.74 Å². The van der Waals surface area contributed by atoms with Crippen LogP contribution in [0.1, 0.15) is 20.8 Å². The van der Waals surface area contributed by atoms with E-state index in [1.807, 2.05) is 31.4 Å². The highest BCUT2D eigenvalue weighted by Crippen LogP contribution is 2.20. The van der Waals surface area contributed by atoms with E-state index in [1.165, 1.54) is 0 Å². The van der Waals surface area contributed by atoms with Gasteiger partial charge in [-0.15, -0.1) is 0 Å². The molecule has 0 radical (unpaired) electrons. The summed E-state index contributed by atoms with van der Waals surface area (Å²) < 4.78 is 7.31. The lowest BCUT2D eigenvalue weighted by atomic mass is 10.2. The summed E-state index contributed by atoms with van der Waals surface area (Å²) in [6.45, 7) is 8.10. The van der Waals surface area contributed by atoms with Crippen molar-refractivity contribution in [3.63, 3.8) is 0 Å². The van der Waals surface area contributed by atoms with Gasteiger partial charge < -0.3 is 14.5 Å². The van der Waals surface area contributed by atoms with Crippen molar-refractivity contribution in [3.05, 3.63) is 23.6 Å². The number of halogens is 1. The average Bonchev–Trinajstić information content (AvgIpc) is 2.93. The lowest BCUT2D eigenvalue weighted by Gasteiger charge is -2.36. The molecule has 0 unspecified atom stereocenters. The third kappa shape index (κ3) is 3.50. The first kappa shape index (κ1) is 15.9. The number of carbonyl (C=O) groups is 1. The Labute approximate surface area is 139 Å². The third-order valence-electron chi connectivity index (χ3n) is 3.55. The van der Waals surface area contributed by atoms with Crippen molar-refractivity contribution >= 4 is 29.3 Å². The molecule has 1 amide bonds. The highest BCUT2D eigenvalue weighted by atomic mass is 35.5. The third-order valence-corrected chi connectivity index (χ3v) is 3.75. The minimum atomic E-state index is -0.480. The largest absolute Gasteiger partial charge is 0.444 e. The standard InChI is InChI=1S/C15H20ClN5O2/c1-15(2,3)23-14(22)20-8-6-19(7-9-20)13-18-11(16)10-12-17-4-5-21(12)13/h4-5,10H,6-9H2,1-3H3. The Balaban J connectivity index is 1.71. The molecule has 2 aromatic rings. The quantitative estimate of drug-likeness (QED) is 0.748. The average molecular weight is 338 g/mol. The van der Waals surface area contributed by atoms with Gasteiger partial charge >= 0.3 is 6.09 Å². The van der Waals surface area contributed by atoms with E-state index in [-0.39, 0.29) is 6.09 Å². The fourth-order valence-corrected chi connectivity index (χ4v) is 2.69. The van der Waals surface area contributed by atoms with Crippen molar-refractivity contribution < 1.29 is 9.53 Å². The second-order valence-corrected chi connectivity index (χ2v) is 6.88. The molecular formula is C15H20ClN5O2. The number of nitrogens with zero attached hydrogens (tertiary/aromatic N) is 5. The van der Waals surface area contributed by atoms with E-state index in [1.54, 1.807) is 17.2 Å². The first-order valence-corrected chi connectivity index (χ1v) is 7.94. The van der Waals surface area contributed by atoms with E-state index in [0.29, 0.717) is 31.3 Å². The number of amides is 1. The van der Waals surface area contributed by atoms with Crippen LogP contribution in [0.4, 0.5) is 10.7 Å². The summed E-state index contributed by atoms with van der Waals surface area (Å²) in [7, 11) is 0. The molecule has 0 bridgehead atoms. The summed E-state index contributed by atoms with van der Waals surface area (Å²) >= 11 is 6.08. The van der Waals surface area contributed by atoms with Gasteiger partial charge in [0.15, 0.2) is 0 Å². The number of carbonyl (C=O) groups excluding carboxylic acids is 1. The fraction of sp³-hybridized carbons (Fsp3) is 0.533. The van der Waals surface area contributed by atoms with Crippen LogP contribution in [0.2, 0.25) is 5.15 Å². The van der Waals surface area contributed by atoms with E-state index < -0.39 is 5.60 Å². The van der Waals surface area contributed by atoms with Crippen molar-refractivity contribution in [2.24, 2.45) is 0 Å². The molecule has 124 valence electrons. The molecule has 0 N–H and O–H groups in total. The lowest BCUT2D eigenvalue weighted by molar-refractivity contribution is 0.0240. The molecule has 8 heteroatoms. The Morgan fingerprint density at radius 2 is 1.96 bits per heavy atom. The maximum Gasteiger partial charge on any atom is 0.410 e. The number of ether oxygens (including phenoxy) is 1. The molecule has 0 aliphatic carbocycles. The first-order valence-electron chi connectivity index (χ1n) is 7.56. The van der Waals surface area contributed by atoms with E-state index in [9.17, 15) is 4.79 Å². The Kier molecular flexibility index (Phi) is 4.06. The Morgan fingerprint density at radius 1 is 1.26 bits per heavy atom. The van der Waals surface area contributed by atoms with E-state index in [4.69, 9.17) is 16.3 Å². The molecule has 3 rings (SSSR count). The van der Waals surface area contributed by atoms with Crippen LogP contribution in [0.3, 0.4) is 0 Å². The summed E-state index contributed by atoms with van der Waals surface area (Å²) in [4.78, 5) is 24.6. The summed E-state index contributed by atoms with van der Waals surface area (Å²) in [5, 5.41) is 0.410. The van der Waals surface area contributed by atoms with E-state index >= 15 is 0 Å². The van der Waals surface area contributed by atoms with Crippen molar-refractivity contribution in [3.8, 4) is 0 Å². The number of hydrogen-bond acceptors (Lipinski definition) is 5. The van der Waals surface area contributed by atoms with Crippen molar-refractivity contribution in [2.45, 2.75) is 26.4 Å². The predicted molar refractivity (Wildman–Crippen MR) is 88.0 cm³/mol. The number of fused-ring (bicyclic) bond motifs is 1. The van der Waals surface area contributed by atoms with Crippen LogP contribution in [0.5, 0.6) is 0 Å². The number of imidazole rings is 1. The number of hydrogen-bond donors (Lipinski definition) is 0. The molecular weight excluding hydrogens is 318 g/mol. The van der Waals surface area contributed by atoms with Crippen molar-refractivity contribution in [2.75, 3.05) is 31.1 Å². The highest BCUT2D eigenvalue weighted by molar-refractivity contribution is 6.29. The Morgan fingerprint density at radius 3 is 2.61 bits per heavy atom. The zero-order chi connectivity index (χ0) is 16.6. The minimum absolute atomic E-state index is 0.274. The minimum Gasteiger partial charge on any atom is -0.444 e. The predicted octanol–water partition coefficient (Wildman–Crippen LogP) is 2.44. The van der Waals surface area contributed by atoms with Gasteiger partial charge in [-0.1, -0.05) is 11.6 Å². The van der Waals surface area contributed by atoms with Gasteiger partial charge in [-0.2, -0.15) is 0 Å². The molecule has 0 aromatic carbocycles. The number of aromatic nitrogens is 3. The smallest absolute Gasteiger partial charge is 0.410 e. The van der Waals surface area contributed by atoms with Gasteiger partial charge in [-0.25, -0.2) is 14.8 Å². The molecule has 7 nitrogen and oxygen atoms in total. The molecule has 2 aromatic heterocycles. The first-order chi connectivity index (χ1) is 10.8. The van der Waals surface area contributed by atoms with Crippen molar-refractivity contribution in [1.29, 1.82) is 0 Å². The van der Waals surface area contributed by atoms with Crippen molar-refractivity contribution in [1.82, 2.24) is 19.3 Å². The second kappa shape index (κ2) is 5.88. The monoisotopic (exact) mass is 337 g/mol. The summed E-state index contributed by atoms with van der Waals surface area (Å²) in [5.74, 6) is 0.744. The zero-order valence-electron chi connectivity index (χ0n) is 13.5. The summed E-state index contributed by atoms with van der Waals surface area (Å²) in [5.41, 5.74) is 0.278. The van der Waals surface area contributed by atoms with Gasteiger partial charge in [-0.3, -0.25) is 4.40 Å². The van der Waals surface area contributed by atoms with Crippen LogP contribution in [0.15, 0.2) is 18.5 Å². The molecule has 1 fully saturated rings. The summed E-state index contributed by atoms with van der Waals surface area (Å²) in [6.07, 6.45) is 3.30. The maximum atomic E-state index is 12.1. The Hall–Kier alpha value is -2.02. The molecule has 0 atom stereocenters. The van der Waals surface area contributed by atoms with Crippen LogP contribution < -0.4 is 4.90 Å². The molecule has 1 aliphatic rings. The van der Waals surface area contributed by atoms with Crippen LogP contribution in [-0.4, -0.2) is 57.1 Å². The van der Waals surface area contributed by atoms with Gasteiger partial charge in [0.05, 0.1) is 0 Å². The van der Waals surface area contributed by atoms with Crippen LogP contribution in [0, 0.1) is 0 Å². The molecule has 1 saturated heterocycles. The van der Waals surface area contributed by atoms with Gasteiger partial charge in [0.1, 0.15) is 16.4 Å². The summed E-state index contributed by atoms with van der Waals surface area (Å²) in [6, 6.07) is 1.72. The normalized spacial score (nSPS) is 16.0. The number of rotatable bonds is 1. The van der Waals surface area contributed by atoms with E-state index in [0.717, 1.165) is 11.6 Å². The van der Waals surface area contributed by atoms with Gasteiger partial charge in [0, 0.05) is 44.6 Å². The number of anilines is 1. The van der Waals surface area contributed by atoms with Gasteiger partial charge in [0.25, 0.3) is 0 Å². The molecule has 0 spiro atoms. The van der Waals surface area contributed by atoms with Gasteiger partial charge in [-0.05, 0) is 20.8 Å². The van der Waals surface area contributed by atoms with Crippen LogP contribution >= 0.6 is 11.6 Å². The Bertz CT molecular complexity index is 716. The second-order valence-electron chi connectivity index (χ2n) is 6.49. The lowest BCUT2D eigenvalue weighted by Crippen LogP contribution is -2.50. The molecule has 23 heavy (non-hydrogen) atoms. The maximum absolute atomic E-state index is 12.1. The van der Waals surface area contributed by atoms with E-state index in [2.05, 4.69) is 14.9 Å². The topological polar surface area (TPSA) is 63.0 Å². The fourth-order valence-electron chi connectivity index (χ4n) is 2.52. The molecule has 0 saturated carbocycles. The van der Waals surface area contributed by atoms with Gasteiger partial charge in [0.2, 0.25) is 5.95 Å². The highest BCUT2D eigenvalue weighted by Gasteiger charge is 2.27. The molecule has 3 heterocycles. The van der Waals surface area contributed by atoms with Crippen LogP contribution in [0.25, 0.3) is 5.65 Å². The molecule has 1 aliphatic heterocycles. The number of piperazine rings is 1.